The van der Waals surface area contributed by atoms with E-state index in [1.54, 1.807) is 11.8 Å². The number of nitrogens with two attached hydrogens (primary N) is 1. The minimum atomic E-state index is -0.00490. The number of thioether (sulfide) groups is 1. The molecule has 0 radical (unpaired) electrons. The van der Waals surface area contributed by atoms with E-state index >= 15 is 0 Å². The molecule has 0 saturated carbocycles. The zero-order chi connectivity index (χ0) is 12.5. The molecule has 0 spiro atoms. The molecule has 6 heteroatoms. The monoisotopic (exact) mass is 261 g/mol. The molecule has 2 heterocycles. The Balaban J connectivity index is 1.99. The average Bonchev–Trinajstić information content (AvgIpc) is 2.93. The molecular weight excluding hydrogens is 246 g/mol. The van der Waals surface area contributed by atoms with Crippen molar-refractivity contribution in [1.82, 2.24) is 15.2 Å². The topological polar surface area (TPSA) is 67.9 Å². The van der Waals surface area contributed by atoms with Gasteiger partial charge in [-0.3, -0.25) is 0 Å². The number of hydrogen-bond donors (Lipinski definition) is 3. The number of rotatable bonds is 3. The van der Waals surface area contributed by atoms with Gasteiger partial charge in [0, 0.05) is 0 Å². The highest BCUT2D eigenvalue weighted by molar-refractivity contribution is 7.99. The molecule has 0 aliphatic carbocycles. The second-order valence-electron chi connectivity index (χ2n) is 4.03. The third-order valence-corrected chi connectivity index (χ3v) is 3.75. The predicted octanol–water partition coefficient (Wildman–Crippen LogP) is 2.05. The van der Waals surface area contributed by atoms with E-state index in [0.29, 0.717) is 5.69 Å². The van der Waals surface area contributed by atoms with Crippen LogP contribution in [0.1, 0.15) is 18.7 Å². The quantitative estimate of drug-likeness (QED) is 0.738. The fraction of sp³-hybridized carbons (Fsp3) is 0.250. The summed E-state index contributed by atoms with van der Waals surface area (Å²) in [6, 6.07) is 10.2. The lowest BCUT2D eigenvalue weighted by molar-refractivity contribution is 0.508. The molecule has 0 fully saturated rings. The molecule has 5 nitrogen and oxygen atoms in total. The molecule has 0 amide bonds. The van der Waals surface area contributed by atoms with Crippen LogP contribution in [0.5, 0.6) is 0 Å². The number of benzene rings is 1. The van der Waals surface area contributed by atoms with Gasteiger partial charge in [-0.2, -0.15) is 5.10 Å². The first-order valence-electron chi connectivity index (χ1n) is 5.88. The Morgan fingerprint density at radius 3 is 2.89 bits per heavy atom. The number of nitrogens with one attached hydrogen (secondary N) is 2. The highest BCUT2D eigenvalue weighted by Gasteiger charge is 2.28. The van der Waals surface area contributed by atoms with Gasteiger partial charge in [-0.1, -0.05) is 37.3 Å². The Bertz CT molecular complexity index is 551. The van der Waals surface area contributed by atoms with Crippen LogP contribution in [0.3, 0.4) is 0 Å². The van der Waals surface area contributed by atoms with Crippen LogP contribution < -0.4 is 16.6 Å². The van der Waals surface area contributed by atoms with Gasteiger partial charge >= 0.3 is 0 Å². The van der Waals surface area contributed by atoms with Crippen LogP contribution in [-0.2, 0) is 0 Å². The number of hydrazine groups is 1. The van der Waals surface area contributed by atoms with Crippen molar-refractivity contribution in [2.45, 2.75) is 18.1 Å². The third-order valence-electron chi connectivity index (χ3n) is 2.88. The standard InChI is InChI=1S/C12H15N5S/c1-2-18-12-9(13)11-15-14-10(17(11)16-12)8-6-4-3-5-7-8/h3-7,10,14-15H,2,13H2,1H3. The second-order valence-corrected chi connectivity index (χ2v) is 5.28. The zero-order valence-electron chi connectivity index (χ0n) is 10.1. The SMILES string of the molecule is CCSc1nn2c(c1N)NNC2c1ccccc1. The van der Waals surface area contributed by atoms with E-state index in [4.69, 9.17) is 5.73 Å². The Hall–Kier alpha value is -1.66. The number of aromatic nitrogens is 2. The molecule has 2 aromatic rings. The van der Waals surface area contributed by atoms with Crippen LogP contribution in [0.4, 0.5) is 11.5 Å². The fourth-order valence-electron chi connectivity index (χ4n) is 2.04. The molecule has 0 saturated heterocycles. The summed E-state index contributed by atoms with van der Waals surface area (Å²) in [5.41, 5.74) is 14.2. The van der Waals surface area contributed by atoms with Crippen LogP contribution >= 0.6 is 11.8 Å². The highest BCUT2D eigenvalue weighted by Crippen LogP contribution is 2.36. The second kappa shape index (κ2) is 4.55. The predicted molar refractivity (Wildman–Crippen MR) is 74.4 cm³/mol. The summed E-state index contributed by atoms with van der Waals surface area (Å²) >= 11 is 1.66. The molecule has 94 valence electrons. The Labute approximate surface area is 110 Å². The first-order valence-corrected chi connectivity index (χ1v) is 6.87. The van der Waals surface area contributed by atoms with E-state index in [0.717, 1.165) is 22.2 Å². The minimum absolute atomic E-state index is 0.00490. The van der Waals surface area contributed by atoms with Crippen molar-refractivity contribution in [3.8, 4) is 0 Å². The average molecular weight is 261 g/mol. The minimum Gasteiger partial charge on any atom is -0.393 e. The van der Waals surface area contributed by atoms with Crippen molar-refractivity contribution in [3.63, 3.8) is 0 Å². The maximum atomic E-state index is 6.07. The Morgan fingerprint density at radius 1 is 1.39 bits per heavy atom. The van der Waals surface area contributed by atoms with E-state index in [1.165, 1.54) is 0 Å². The fourth-order valence-corrected chi connectivity index (χ4v) is 2.71. The van der Waals surface area contributed by atoms with Crippen molar-refractivity contribution >= 4 is 23.3 Å². The molecule has 0 bridgehead atoms. The maximum absolute atomic E-state index is 6.07. The summed E-state index contributed by atoms with van der Waals surface area (Å²) in [7, 11) is 0. The summed E-state index contributed by atoms with van der Waals surface area (Å²) in [5.74, 6) is 1.81. The lowest BCUT2D eigenvalue weighted by Crippen LogP contribution is -2.23. The largest absolute Gasteiger partial charge is 0.393 e. The van der Waals surface area contributed by atoms with E-state index in [-0.39, 0.29) is 6.17 Å². The first-order chi connectivity index (χ1) is 8.81. The summed E-state index contributed by atoms with van der Waals surface area (Å²) in [6.07, 6.45) is -0.00490. The molecule has 18 heavy (non-hydrogen) atoms. The molecule has 1 unspecified atom stereocenters. The number of fused-ring (bicyclic) bond motifs is 1. The zero-order valence-corrected chi connectivity index (χ0v) is 10.9. The first kappa shape index (κ1) is 11.4. The summed E-state index contributed by atoms with van der Waals surface area (Å²) in [4.78, 5) is 0. The van der Waals surface area contributed by atoms with Crippen LogP contribution in [0, 0.1) is 0 Å². The number of hydrogen-bond acceptors (Lipinski definition) is 5. The maximum Gasteiger partial charge on any atom is 0.165 e. The molecule has 1 atom stereocenters. The van der Waals surface area contributed by atoms with E-state index in [2.05, 4.69) is 35.0 Å². The van der Waals surface area contributed by atoms with Gasteiger partial charge in [0.1, 0.15) is 16.9 Å². The van der Waals surface area contributed by atoms with Crippen molar-refractivity contribution in [2.75, 3.05) is 16.9 Å². The molecular formula is C12H15N5S. The van der Waals surface area contributed by atoms with E-state index in [1.807, 2.05) is 22.9 Å². The van der Waals surface area contributed by atoms with Gasteiger partial charge in [-0.05, 0) is 11.3 Å². The Kier molecular flexibility index (Phi) is 2.89. The van der Waals surface area contributed by atoms with Crippen molar-refractivity contribution in [3.05, 3.63) is 35.9 Å². The van der Waals surface area contributed by atoms with Gasteiger partial charge in [-0.15, -0.1) is 11.8 Å². The molecule has 1 aliphatic heterocycles. The van der Waals surface area contributed by atoms with Crippen molar-refractivity contribution in [1.29, 1.82) is 0 Å². The third kappa shape index (κ3) is 1.74. The van der Waals surface area contributed by atoms with Crippen LogP contribution in [0.2, 0.25) is 0 Å². The van der Waals surface area contributed by atoms with Gasteiger partial charge in [0.05, 0.1) is 0 Å². The molecule has 4 N–H and O–H groups in total. The summed E-state index contributed by atoms with van der Waals surface area (Å²) in [6.45, 7) is 2.09. The normalized spacial score (nSPS) is 17.5. The molecule has 1 aromatic carbocycles. The van der Waals surface area contributed by atoms with Gasteiger partial charge in [-0.25, -0.2) is 10.1 Å². The molecule has 3 rings (SSSR count). The Morgan fingerprint density at radius 2 is 2.17 bits per heavy atom. The number of anilines is 2. The van der Waals surface area contributed by atoms with Gasteiger partial charge in [0.25, 0.3) is 0 Å². The smallest absolute Gasteiger partial charge is 0.165 e. The molecule has 1 aromatic heterocycles. The lowest BCUT2D eigenvalue weighted by atomic mass is 10.2. The van der Waals surface area contributed by atoms with Crippen LogP contribution in [0.15, 0.2) is 35.4 Å². The molecule has 1 aliphatic rings. The van der Waals surface area contributed by atoms with Gasteiger partial charge in [0.15, 0.2) is 5.82 Å². The van der Waals surface area contributed by atoms with Gasteiger partial charge in [0.2, 0.25) is 0 Å². The lowest BCUT2D eigenvalue weighted by Gasteiger charge is -2.11. The van der Waals surface area contributed by atoms with E-state index < -0.39 is 0 Å². The van der Waals surface area contributed by atoms with Crippen molar-refractivity contribution < 1.29 is 0 Å². The van der Waals surface area contributed by atoms with Crippen LogP contribution in [0.25, 0.3) is 0 Å². The van der Waals surface area contributed by atoms with Gasteiger partial charge < -0.3 is 11.2 Å². The highest BCUT2D eigenvalue weighted by atomic mass is 32.2. The van der Waals surface area contributed by atoms with Crippen molar-refractivity contribution in [2.24, 2.45) is 0 Å². The number of nitrogens with zero attached hydrogens (tertiary/aromatic N) is 2. The summed E-state index contributed by atoms with van der Waals surface area (Å²) < 4.78 is 1.91. The van der Waals surface area contributed by atoms with E-state index in [9.17, 15) is 0 Å². The summed E-state index contributed by atoms with van der Waals surface area (Å²) in [5, 5.41) is 5.46. The van der Waals surface area contributed by atoms with Crippen LogP contribution in [-0.4, -0.2) is 15.5 Å². The number of nitrogen functional groups attached to an aromatic ring is 1.